The Bertz CT molecular complexity index is 865. The van der Waals surface area contributed by atoms with Gasteiger partial charge in [-0.1, -0.05) is 48.0 Å². The van der Waals surface area contributed by atoms with Gasteiger partial charge >= 0.3 is 0 Å². The van der Waals surface area contributed by atoms with Crippen LogP contribution < -0.4 is 10.2 Å². The van der Waals surface area contributed by atoms with Crippen LogP contribution in [0.15, 0.2) is 54.7 Å². The number of amides is 1. The zero-order valence-electron chi connectivity index (χ0n) is 14.2. The van der Waals surface area contributed by atoms with E-state index in [2.05, 4.69) is 11.4 Å². The van der Waals surface area contributed by atoms with Gasteiger partial charge in [0.2, 0.25) is 0 Å². The number of carbonyl (C=O) groups is 1. The summed E-state index contributed by atoms with van der Waals surface area (Å²) < 4.78 is 1.68. The number of hydrogen-bond acceptors (Lipinski definition) is 2. The number of rotatable bonds is 5. The second kappa shape index (κ2) is 6.79. The van der Waals surface area contributed by atoms with Crippen LogP contribution in [0.3, 0.4) is 0 Å². The van der Waals surface area contributed by atoms with E-state index in [-0.39, 0.29) is 12.0 Å². The van der Waals surface area contributed by atoms with Crippen LogP contribution in [-0.2, 0) is 6.54 Å². The van der Waals surface area contributed by atoms with Gasteiger partial charge in [0.15, 0.2) is 0 Å². The topological polar surface area (TPSA) is 43.3 Å². The molecule has 0 atom stereocenters. The lowest BCUT2D eigenvalue weighted by molar-refractivity contribution is 0.0679. The molecule has 4 nitrogen and oxygen atoms in total. The molecule has 1 heterocycles. The lowest BCUT2D eigenvalue weighted by Gasteiger charge is -2.10. The summed E-state index contributed by atoms with van der Waals surface area (Å²) in [5.41, 5.74) is 3.79. The zero-order chi connectivity index (χ0) is 17.1. The average Bonchev–Trinajstić information content (AvgIpc) is 2.91. The van der Waals surface area contributed by atoms with E-state index in [0.29, 0.717) is 12.1 Å². The molecule has 3 rings (SSSR count). The van der Waals surface area contributed by atoms with Gasteiger partial charge in [-0.3, -0.25) is 4.79 Å². The highest BCUT2D eigenvalue weighted by Gasteiger charge is 2.16. The van der Waals surface area contributed by atoms with E-state index < -0.39 is 0 Å². The minimum Gasteiger partial charge on any atom is -0.411 e. The van der Waals surface area contributed by atoms with E-state index in [9.17, 15) is 4.79 Å². The third-order valence-corrected chi connectivity index (χ3v) is 3.78. The molecule has 1 N–H and O–H groups in total. The molecule has 0 spiro atoms. The molecule has 0 aliphatic rings. The number of para-hydroxylation sites is 1. The number of aryl methyl sites for hydroxylation is 1. The minimum atomic E-state index is -0.0983. The fraction of sp³-hybridized carbons (Fsp3) is 0.250. The zero-order valence-corrected chi connectivity index (χ0v) is 14.2. The van der Waals surface area contributed by atoms with Crippen molar-refractivity contribution in [1.82, 2.24) is 10.0 Å². The van der Waals surface area contributed by atoms with Crippen LogP contribution in [0, 0.1) is 6.92 Å². The molecule has 0 radical (unpaired) electrons. The monoisotopic (exact) mass is 322 g/mol. The molecule has 0 fully saturated rings. The Hall–Kier alpha value is -2.75. The fourth-order valence-corrected chi connectivity index (χ4v) is 2.74. The first-order valence-electron chi connectivity index (χ1n) is 8.15. The molecule has 0 aliphatic heterocycles. The molecule has 0 unspecified atom stereocenters. The molecule has 4 heteroatoms. The lowest BCUT2D eigenvalue weighted by atomic mass is 10.1. The number of fused-ring (bicyclic) bond motifs is 1. The molecule has 0 aliphatic carbocycles. The van der Waals surface area contributed by atoms with Crippen molar-refractivity contribution in [2.45, 2.75) is 33.4 Å². The van der Waals surface area contributed by atoms with Gasteiger partial charge in [0.25, 0.3) is 5.91 Å². The predicted molar refractivity (Wildman–Crippen MR) is 96.0 cm³/mol. The maximum atomic E-state index is 12.6. The normalized spacial score (nSPS) is 11.0. The molecule has 3 aromatic rings. The van der Waals surface area contributed by atoms with Crippen LogP contribution in [0.5, 0.6) is 0 Å². The Balaban J connectivity index is 1.84. The Morgan fingerprint density at radius 1 is 1.17 bits per heavy atom. The molecule has 124 valence electrons. The minimum absolute atomic E-state index is 0.0315. The van der Waals surface area contributed by atoms with Crippen molar-refractivity contribution in [2.24, 2.45) is 0 Å². The van der Waals surface area contributed by atoms with Gasteiger partial charge in [0.05, 0.1) is 17.3 Å². The van der Waals surface area contributed by atoms with Crippen LogP contribution in [0.2, 0.25) is 0 Å². The highest BCUT2D eigenvalue weighted by Crippen LogP contribution is 2.21. The van der Waals surface area contributed by atoms with Crippen molar-refractivity contribution in [1.29, 1.82) is 0 Å². The summed E-state index contributed by atoms with van der Waals surface area (Å²) in [5, 5.41) is 3.88. The number of carbonyl (C=O) groups excluding carboxylic acids is 1. The van der Waals surface area contributed by atoms with Crippen molar-refractivity contribution in [3.8, 4) is 0 Å². The van der Waals surface area contributed by atoms with Gasteiger partial charge in [-0.15, -0.1) is 0 Å². The molecular formula is C20H22N2O2. The second-order valence-corrected chi connectivity index (χ2v) is 6.21. The number of benzene rings is 2. The average molecular weight is 322 g/mol. The fourth-order valence-electron chi connectivity index (χ4n) is 2.74. The molecule has 1 aromatic heterocycles. The Morgan fingerprint density at radius 2 is 1.96 bits per heavy atom. The third-order valence-electron chi connectivity index (χ3n) is 3.78. The van der Waals surface area contributed by atoms with Crippen LogP contribution in [-0.4, -0.2) is 16.7 Å². The largest absolute Gasteiger partial charge is 0.411 e. The number of hydrogen-bond donors (Lipinski definition) is 1. The van der Waals surface area contributed by atoms with E-state index in [0.717, 1.165) is 16.5 Å². The van der Waals surface area contributed by atoms with Gasteiger partial charge in [-0.25, -0.2) is 0 Å². The first-order chi connectivity index (χ1) is 11.5. The third kappa shape index (κ3) is 3.43. The summed E-state index contributed by atoms with van der Waals surface area (Å²) in [6, 6.07) is 15.9. The van der Waals surface area contributed by atoms with Crippen LogP contribution in [0.1, 0.15) is 35.3 Å². The molecule has 0 saturated carbocycles. The van der Waals surface area contributed by atoms with E-state index in [1.54, 1.807) is 10.9 Å². The summed E-state index contributed by atoms with van der Waals surface area (Å²) in [6.07, 6.45) is 1.79. The van der Waals surface area contributed by atoms with E-state index >= 15 is 0 Å². The summed E-state index contributed by atoms with van der Waals surface area (Å²) >= 11 is 0. The Labute approximate surface area is 142 Å². The van der Waals surface area contributed by atoms with E-state index in [1.165, 1.54) is 5.56 Å². The number of nitrogens with zero attached hydrogens (tertiary/aromatic N) is 1. The van der Waals surface area contributed by atoms with Crippen molar-refractivity contribution in [3.63, 3.8) is 0 Å². The standard InChI is InChI=1S/C20H22N2O2/c1-14(2)24-22-13-18(17-9-4-5-10-19(17)22)20(23)21-12-16-8-6-7-15(3)11-16/h4-11,13-14H,12H2,1-3H3,(H,21,23). The quantitative estimate of drug-likeness (QED) is 0.778. The van der Waals surface area contributed by atoms with E-state index in [1.807, 2.05) is 63.2 Å². The summed E-state index contributed by atoms with van der Waals surface area (Å²) in [6.45, 7) is 6.48. The van der Waals surface area contributed by atoms with Gasteiger partial charge in [0, 0.05) is 11.9 Å². The van der Waals surface area contributed by atoms with Gasteiger partial charge < -0.3 is 10.2 Å². The predicted octanol–water partition coefficient (Wildman–Crippen LogP) is 3.72. The van der Waals surface area contributed by atoms with Crippen molar-refractivity contribution in [3.05, 3.63) is 71.4 Å². The summed E-state index contributed by atoms with van der Waals surface area (Å²) in [5.74, 6) is -0.0983. The number of nitrogens with one attached hydrogen (secondary N) is 1. The van der Waals surface area contributed by atoms with E-state index in [4.69, 9.17) is 4.84 Å². The molecule has 0 saturated heterocycles. The molecule has 0 bridgehead atoms. The SMILES string of the molecule is Cc1cccc(CNC(=O)c2cn(OC(C)C)c3ccccc23)c1. The van der Waals surface area contributed by atoms with Gasteiger partial charge in [-0.2, -0.15) is 4.73 Å². The molecule has 1 amide bonds. The van der Waals surface area contributed by atoms with Crippen molar-refractivity contribution >= 4 is 16.8 Å². The first kappa shape index (κ1) is 16.1. The molecule has 2 aromatic carbocycles. The van der Waals surface area contributed by atoms with Gasteiger partial charge in [-0.05, 0) is 32.4 Å². The summed E-state index contributed by atoms with van der Waals surface area (Å²) in [7, 11) is 0. The van der Waals surface area contributed by atoms with Crippen LogP contribution in [0.4, 0.5) is 0 Å². The Morgan fingerprint density at radius 3 is 2.71 bits per heavy atom. The second-order valence-electron chi connectivity index (χ2n) is 6.21. The summed E-state index contributed by atoms with van der Waals surface area (Å²) in [4.78, 5) is 18.4. The highest BCUT2D eigenvalue weighted by molar-refractivity contribution is 6.06. The Kier molecular flexibility index (Phi) is 4.56. The first-order valence-corrected chi connectivity index (χ1v) is 8.15. The lowest BCUT2D eigenvalue weighted by Crippen LogP contribution is -2.23. The maximum absolute atomic E-state index is 12.6. The highest BCUT2D eigenvalue weighted by atomic mass is 16.7. The smallest absolute Gasteiger partial charge is 0.253 e. The molecular weight excluding hydrogens is 300 g/mol. The maximum Gasteiger partial charge on any atom is 0.253 e. The van der Waals surface area contributed by atoms with Crippen LogP contribution in [0.25, 0.3) is 10.9 Å². The van der Waals surface area contributed by atoms with Crippen LogP contribution >= 0.6 is 0 Å². The van der Waals surface area contributed by atoms with Gasteiger partial charge in [0.1, 0.15) is 6.10 Å². The van der Waals surface area contributed by atoms with Crippen molar-refractivity contribution in [2.75, 3.05) is 0 Å². The van der Waals surface area contributed by atoms with Crippen molar-refractivity contribution < 1.29 is 9.63 Å². The number of aromatic nitrogens is 1. The molecule has 24 heavy (non-hydrogen) atoms.